The summed E-state index contributed by atoms with van der Waals surface area (Å²) in [5.74, 6) is -1.13. The standard InChI is InChI=1S/C21H17Cl2NO6S/c1-2-29-16-5-3-4-12(19(16)30-11-18(25)26)8-17-20(27)24(21(28)31-17)10-13-6-7-14(22)9-15(13)23/h3-9H,2,10-11H2,1H3,(H,25,26)/b17-8-. The molecule has 10 heteroatoms. The normalized spacial score (nSPS) is 14.9. The van der Waals surface area contributed by atoms with Gasteiger partial charge in [-0.1, -0.05) is 41.4 Å². The maximum absolute atomic E-state index is 12.9. The fourth-order valence-electron chi connectivity index (χ4n) is 2.80. The molecule has 3 rings (SSSR count). The van der Waals surface area contributed by atoms with Crippen molar-refractivity contribution >= 4 is 58.2 Å². The molecule has 1 fully saturated rings. The number of rotatable bonds is 8. The Balaban J connectivity index is 1.90. The molecule has 0 aromatic heterocycles. The molecule has 7 nitrogen and oxygen atoms in total. The Hall–Kier alpha value is -2.68. The SMILES string of the molecule is CCOc1cccc(/C=C2\SC(=O)N(Cc3ccc(Cl)cc3Cl)C2=O)c1OCC(=O)O. The third-order valence-corrected chi connectivity index (χ3v) is 5.65. The van der Waals surface area contributed by atoms with E-state index in [0.29, 0.717) is 33.5 Å². The van der Waals surface area contributed by atoms with Crippen molar-refractivity contribution in [3.05, 3.63) is 62.5 Å². The largest absolute Gasteiger partial charge is 0.490 e. The minimum atomic E-state index is -1.16. The molecule has 2 amide bonds. The number of hydrogen-bond acceptors (Lipinski definition) is 6. The lowest BCUT2D eigenvalue weighted by Gasteiger charge is -2.14. The fraction of sp³-hybridized carbons (Fsp3) is 0.190. The summed E-state index contributed by atoms with van der Waals surface area (Å²) in [7, 11) is 0. The second-order valence-corrected chi connectivity index (χ2v) is 8.13. The van der Waals surface area contributed by atoms with Crippen LogP contribution in [0.15, 0.2) is 41.3 Å². The van der Waals surface area contributed by atoms with Gasteiger partial charge >= 0.3 is 5.97 Å². The molecule has 0 radical (unpaired) electrons. The first-order chi connectivity index (χ1) is 14.8. The maximum atomic E-state index is 12.9. The number of ether oxygens (including phenoxy) is 2. The van der Waals surface area contributed by atoms with Crippen LogP contribution in [-0.2, 0) is 16.1 Å². The molecule has 1 aliphatic rings. The third-order valence-electron chi connectivity index (χ3n) is 4.15. The summed E-state index contributed by atoms with van der Waals surface area (Å²) >= 11 is 12.8. The average Bonchev–Trinajstić information content (AvgIpc) is 2.97. The van der Waals surface area contributed by atoms with Crippen LogP contribution in [0.25, 0.3) is 6.08 Å². The zero-order chi connectivity index (χ0) is 22.5. The smallest absolute Gasteiger partial charge is 0.341 e. The lowest BCUT2D eigenvalue weighted by molar-refractivity contribution is -0.139. The fourth-order valence-corrected chi connectivity index (χ4v) is 4.10. The highest BCUT2D eigenvalue weighted by Gasteiger charge is 2.35. The molecule has 0 aliphatic carbocycles. The summed E-state index contributed by atoms with van der Waals surface area (Å²) in [4.78, 5) is 37.5. The number of para-hydroxylation sites is 1. The molecular weight excluding hydrogens is 465 g/mol. The maximum Gasteiger partial charge on any atom is 0.341 e. The molecule has 0 bridgehead atoms. The third kappa shape index (κ3) is 5.52. The number of thioether (sulfide) groups is 1. The minimum absolute atomic E-state index is 0.000629. The molecule has 2 aromatic rings. The van der Waals surface area contributed by atoms with E-state index in [2.05, 4.69) is 0 Å². The van der Waals surface area contributed by atoms with E-state index in [1.54, 1.807) is 43.3 Å². The predicted molar refractivity (Wildman–Crippen MR) is 119 cm³/mol. The topological polar surface area (TPSA) is 93.1 Å². The summed E-state index contributed by atoms with van der Waals surface area (Å²) < 4.78 is 10.9. The molecule has 2 aromatic carbocycles. The van der Waals surface area contributed by atoms with Crippen LogP contribution in [0.1, 0.15) is 18.1 Å². The summed E-state index contributed by atoms with van der Waals surface area (Å²) in [5, 5.41) is 9.31. The van der Waals surface area contributed by atoms with Gasteiger partial charge in [0, 0.05) is 15.6 Å². The van der Waals surface area contributed by atoms with Crippen LogP contribution in [0, 0.1) is 0 Å². The van der Waals surface area contributed by atoms with Crippen molar-refractivity contribution in [1.82, 2.24) is 4.90 Å². The Kier molecular flexibility index (Phi) is 7.48. The van der Waals surface area contributed by atoms with E-state index < -0.39 is 23.7 Å². The number of imide groups is 1. The molecule has 1 N–H and O–H groups in total. The zero-order valence-electron chi connectivity index (χ0n) is 16.3. The van der Waals surface area contributed by atoms with Crippen LogP contribution in [0.5, 0.6) is 11.5 Å². The van der Waals surface area contributed by atoms with Crippen LogP contribution in [0.3, 0.4) is 0 Å². The second kappa shape index (κ2) is 10.1. The van der Waals surface area contributed by atoms with Gasteiger partial charge in [0.25, 0.3) is 11.1 Å². The van der Waals surface area contributed by atoms with Crippen molar-refractivity contribution in [1.29, 1.82) is 0 Å². The van der Waals surface area contributed by atoms with Crippen molar-refractivity contribution in [2.75, 3.05) is 13.2 Å². The van der Waals surface area contributed by atoms with Gasteiger partial charge in [-0.3, -0.25) is 14.5 Å². The predicted octanol–water partition coefficient (Wildman–Crippen LogP) is 5.09. The Morgan fingerprint density at radius 1 is 1.19 bits per heavy atom. The molecule has 1 saturated heterocycles. The molecule has 1 aliphatic heterocycles. The number of carbonyl (C=O) groups is 3. The van der Waals surface area contributed by atoms with Crippen LogP contribution in [0.2, 0.25) is 10.0 Å². The first-order valence-corrected chi connectivity index (χ1v) is 10.7. The van der Waals surface area contributed by atoms with E-state index in [4.69, 9.17) is 37.8 Å². The summed E-state index contributed by atoms with van der Waals surface area (Å²) in [6.45, 7) is 1.53. The van der Waals surface area contributed by atoms with Crippen LogP contribution < -0.4 is 9.47 Å². The van der Waals surface area contributed by atoms with Crippen molar-refractivity contribution in [3.63, 3.8) is 0 Å². The second-order valence-electron chi connectivity index (χ2n) is 6.29. The lowest BCUT2D eigenvalue weighted by Crippen LogP contribution is -2.27. The Labute approximate surface area is 192 Å². The van der Waals surface area contributed by atoms with Gasteiger partial charge in [0.1, 0.15) is 0 Å². The van der Waals surface area contributed by atoms with E-state index in [1.807, 2.05) is 0 Å². The lowest BCUT2D eigenvalue weighted by atomic mass is 10.1. The van der Waals surface area contributed by atoms with E-state index in [1.165, 1.54) is 6.08 Å². The number of nitrogens with zero attached hydrogens (tertiary/aromatic N) is 1. The van der Waals surface area contributed by atoms with Crippen molar-refractivity contribution in [3.8, 4) is 11.5 Å². The highest BCUT2D eigenvalue weighted by Crippen LogP contribution is 2.38. The first-order valence-electron chi connectivity index (χ1n) is 9.09. The van der Waals surface area contributed by atoms with Gasteiger partial charge in [-0.15, -0.1) is 0 Å². The van der Waals surface area contributed by atoms with E-state index >= 15 is 0 Å². The van der Waals surface area contributed by atoms with Gasteiger partial charge < -0.3 is 14.6 Å². The summed E-state index contributed by atoms with van der Waals surface area (Å²) in [6, 6.07) is 9.78. The minimum Gasteiger partial charge on any atom is -0.490 e. The zero-order valence-corrected chi connectivity index (χ0v) is 18.6. The molecule has 0 unspecified atom stereocenters. The van der Waals surface area contributed by atoms with Crippen LogP contribution in [-0.4, -0.2) is 40.3 Å². The Morgan fingerprint density at radius 3 is 2.65 bits per heavy atom. The van der Waals surface area contributed by atoms with Gasteiger partial charge in [0.05, 0.1) is 18.1 Å². The van der Waals surface area contributed by atoms with E-state index in [9.17, 15) is 14.4 Å². The number of carboxylic acids is 1. The van der Waals surface area contributed by atoms with Crippen molar-refractivity contribution < 1.29 is 29.0 Å². The number of amides is 2. The quantitative estimate of drug-likeness (QED) is 0.524. The molecule has 1 heterocycles. The molecular formula is C21H17Cl2NO6S. The molecule has 0 spiro atoms. The average molecular weight is 482 g/mol. The van der Waals surface area contributed by atoms with Gasteiger partial charge in [0.15, 0.2) is 18.1 Å². The number of carbonyl (C=O) groups excluding carboxylic acids is 2. The van der Waals surface area contributed by atoms with Crippen LogP contribution >= 0.6 is 35.0 Å². The molecule has 0 atom stereocenters. The Morgan fingerprint density at radius 2 is 1.97 bits per heavy atom. The van der Waals surface area contributed by atoms with Crippen LogP contribution in [0.4, 0.5) is 4.79 Å². The molecule has 162 valence electrons. The van der Waals surface area contributed by atoms with Crippen molar-refractivity contribution in [2.24, 2.45) is 0 Å². The number of carboxylic acid groups (broad SMARTS) is 1. The molecule has 31 heavy (non-hydrogen) atoms. The van der Waals surface area contributed by atoms with Gasteiger partial charge in [-0.05, 0) is 48.5 Å². The summed E-state index contributed by atoms with van der Waals surface area (Å²) in [6.07, 6.45) is 1.48. The van der Waals surface area contributed by atoms with Gasteiger partial charge in [0.2, 0.25) is 0 Å². The highest BCUT2D eigenvalue weighted by atomic mass is 35.5. The van der Waals surface area contributed by atoms with Gasteiger partial charge in [-0.25, -0.2) is 4.79 Å². The number of halogens is 2. The van der Waals surface area contributed by atoms with E-state index in [0.717, 1.165) is 16.7 Å². The number of aliphatic carboxylic acids is 1. The number of benzene rings is 2. The summed E-state index contributed by atoms with van der Waals surface area (Å²) in [5.41, 5.74) is 1.00. The highest BCUT2D eigenvalue weighted by molar-refractivity contribution is 8.18. The monoisotopic (exact) mass is 481 g/mol. The number of hydrogen-bond donors (Lipinski definition) is 1. The van der Waals surface area contributed by atoms with E-state index in [-0.39, 0.29) is 17.2 Å². The van der Waals surface area contributed by atoms with Crippen molar-refractivity contribution in [2.45, 2.75) is 13.5 Å². The Bertz CT molecular complexity index is 1070. The van der Waals surface area contributed by atoms with Gasteiger partial charge in [-0.2, -0.15) is 0 Å². The molecule has 0 saturated carbocycles. The first kappa shape index (κ1) is 23.0.